The molecule has 23 heavy (non-hydrogen) atoms. The lowest BCUT2D eigenvalue weighted by molar-refractivity contribution is 0.102. The number of thioether (sulfide) groups is 1. The van der Waals surface area contributed by atoms with Crippen LogP contribution in [-0.2, 0) is 13.1 Å². The van der Waals surface area contributed by atoms with Gasteiger partial charge in [-0.2, -0.15) is 0 Å². The van der Waals surface area contributed by atoms with Crippen LogP contribution in [0.1, 0.15) is 48.4 Å². The summed E-state index contributed by atoms with van der Waals surface area (Å²) in [7, 11) is 0. The number of carbonyl (C=O) groups excluding carboxylic acids is 1. The molecule has 126 valence electrons. The highest BCUT2D eigenvalue weighted by Crippen LogP contribution is 2.20. The first-order valence-corrected chi connectivity index (χ1v) is 8.96. The lowest BCUT2D eigenvalue weighted by Crippen LogP contribution is -2.18. The minimum absolute atomic E-state index is 0.0697. The molecule has 0 radical (unpaired) electrons. The fraction of sp³-hybridized carbons (Fsp3) is 0.562. The second-order valence-corrected chi connectivity index (χ2v) is 6.50. The van der Waals surface area contributed by atoms with Gasteiger partial charge in [0.1, 0.15) is 0 Å². The van der Waals surface area contributed by atoms with Crippen molar-refractivity contribution in [1.82, 2.24) is 19.3 Å². The van der Waals surface area contributed by atoms with E-state index in [0.717, 1.165) is 36.3 Å². The van der Waals surface area contributed by atoms with Crippen molar-refractivity contribution < 1.29 is 4.79 Å². The molecule has 2 rings (SSSR count). The molecule has 0 atom stereocenters. The molecule has 0 spiro atoms. The van der Waals surface area contributed by atoms with Crippen LogP contribution in [0.2, 0.25) is 0 Å². The summed E-state index contributed by atoms with van der Waals surface area (Å²) in [6.07, 6.45) is 1.92. The molecule has 2 aromatic rings. The molecule has 0 saturated carbocycles. The third kappa shape index (κ3) is 3.77. The zero-order valence-electron chi connectivity index (χ0n) is 14.2. The maximum absolute atomic E-state index is 12.5. The van der Waals surface area contributed by atoms with E-state index in [1.807, 2.05) is 19.9 Å². The Morgan fingerprint density at radius 2 is 2.04 bits per heavy atom. The molecule has 0 unspecified atom stereocenters. The Morgan fingerprint density at radius 3 is 2.65 bits per heavy atom. The SMILES string of the molecule is CCCCn1c(SCC(=O)c2cc(C)n(CC)c2C)n[nH]c1=O. The molecular formula is C16H24N4O2S. The topological polar surface area (TPSA) is 72.7 Å². The van der Waals surface area contributed by atoms with Gasteiger partial charge in [0, 0.05) is 30.0 Å². The predicted octanol–water partition coefficient (Wildman–Crippen LogP) is 2.78. The molecule has 2 aromatic heterocycles. The Hall–Kier alpha value is -1.76. The van der Waals surface area contributed by atoms with Gasteiger partial charge < -0.3 is 4.57 Å². The number of carbonyl (C=O) groups is 1. The first kappa shape index (κ1) is 17.6. The maximum Gasteiger partial charge on any atom is 0.343 e. The normalized spacial score (nSPS) is 11.1. The van der Waals surface area contributed by atoms with Crippen LogP contribution in [0.4, 0.5) is 0 Å². The number of nitrogens with zero attached hydrogens (tertiary/aromatic N) is 3. The molecule has 0 aliphatic carbocycles. The maximum atomic E-state index is 12.5. The van der Waals surface area contributed by atoms with Gasteiger partial charge in [-0.25, -0.2) is 9.89 Å². The summed E-state index contributed by atoms with van der Waals surface area (Å²) in [5.41, 5.74) is 2.64. The van der Waals surface area contributed by atoms with Gasteiger partial charge in [0.15, 0.2) is 10.9 Å². The van der Waals surface area contributed by atoms with Crippen LogP contribution in [0.3, 0.4) is 0 Å². The van der Waals surface area contributed by atoms with Crippen LogP contribution in [-0.4, -0.2) is 30.9 Å². The predicted molar refractivity (Wildman–Crippen MR) is 92.4 cm³/mol. The third-order valence-electron chi connectivity index (χ3n) is 3.98. The number of Topliss-reactive ketones (excluding diaryl/α,β-unsaturated/α-hetero) is 1. The van der Waals surface area contributed by atoms with Gasteiger partial charge in [0.2, 0.25) is 0 Å². The van der Waals surface area contributed by atoms with Gasteiger partial charge in [0.05, 0.1) is 5.75 Å². The first-order valence-electron chi connectivity index (χ1n) is 7.97. The highest BCUT2D eigenvalue weighted by atomic mass is 32.2. The largest absolute Gasteiger partial charge is 0.349 e. The van der Waals surface area contributed by atoms with Crippen LogP contribution >= 0.6 is 11.8 Å². The van der Waals surface area contributed by atoms with Gasteiger partial charge >= 0.3 is 5.69 Å². The van der Waals surface area contributed by atoms with Crippen LogP contribution in [0.15, 0.2) is 16.0 Å². The lowest BCUT2D eigenvalue weighted by Gasteiger charge is -2.06. The molecule has 1 N–H and O–H groups in total. The van der Waals surface area contributed by atoms with E-state index in [-0.39, 0.29) is 17.2 Å². The number of H-pyrrole nitrogens is 1. The Balaban J connectivity index is 2.09. The van der Waals surface area contributed by atoms with Crippen LogP contribution in [0, 0.1) is 13.8 Å². The number of nitrogens with one attached hydrogen (secondary N) is 1. The zero-order valence-corrected chi connectivity index (χ0v) is 15.0. The van der Waals surface area contributed by atoms with Gasteiger partial charge in [-0.1, -0.05) is 25.1 Å². The second kappa shape index (κ2) is 7.68. The molecule has 2 heterocycles. The number of hydrogen-bond acceptors (Lipinski definition) is 4. The number of aryl methyl sites for hydroxylation is 1. The molecule has 0 bridgehead atoms. The summed E-state index contributed by atoms with van der Waals surface area (Å²) in [5.74, 6) is 0.352. The second-order valence-electron chi connectivity index (χ2n) is 5.56. The lowest BCUT2D eigenvalue weighted by atomic mass is 10.2. The van der Waals surface area contributed by atoms with E-state index >= 15 is 0 Å². The van der Waals surface area contributed by atoms with E-state index in [2.05, 4.69) is 28.6 Å². The van der Waals surface area contributed by atoms with E-state index in [0.29, 0.717) is 11.7 Å². The molecule has 0 aliphatic heterocycles. The van der Waals surface area contributed by atoms with Gasteiger partial charge in [0.25, 0.3) is 0 Å². The van der Waals surface area contributed by atoms with Crippen molar-refractivity contribution in [2.45, 2.75) is 58.8 Å². The number of aromatic nitrogens is 4. The Morgan fingerprint density at radius 1 is 1.30 bits per heavy atom. The average molecular weight is 336 g/mol. The summed E-state index contributed by atoms with van der Waals surface area (Å²) < 4.78 is 3.74. The molecule has 0 amide bonds. The summed E-state index contributed by atoms with van der Waals surface area (Å²) in [4.78, 5) is 24.2. The minimum Gasteiger partial charge on any atom is -0.349 e. The van der Waals surface area contributed by atoms with E-state index in [4.69, 9.17) is 0 Å². The standard InChI is InChI=1S/C16H24N4O2S/c1-5-7-8-20-15(22)17-18-16(20)23-10-14(21)13-9-11(3)19(6-2)12(13)4/h9H,5-8,10H2,1-4H3,(H,17,22). The van der Waals surface area contributed by atoms with Crippen molar-refractivity contribution in [1.29, 1.82) is 0 Å². The fourth-order valence-corrected chi connectivity index (χ4v) is 3.56. The summed E-state index contributed by atoms with van der Waals surface area (Å²) in [6.45, 7) is 9.61. The number of aromatic amines is 1. The summed E-state index contributed by atoms with van der Waals surface area (Å²) >= 11 is 1.31. The van der Waals surface area contributed by atoms with Crippen molar-refractivity contribution in [3.8, 4) is 0 Å². The minimum atomic E-state index is -0.211. The zero-order chi connectivity index (χ0) is 17.0. The van der Waals surface area contributed by atoms with E-state index < -0.39 is 0 Å². The molecule has 0 aromatic carbocycles. The van der Waals surface area contributed by atoms with Crippen LogP contribution in [0.5, 0.6) is 0 Å². The first-order chi connectivity index (χ1) is 11.0. The highest BCUT2D eigenvalue weighted by Gasteiger charge is 2.17. The van der Waals surface area contributed by atoms with Gasteiger partial charge in [-0.3, -0.25) is 9.36 Å². The smallest absolute Gasteiger partial charge is 0.343 e. The van der Waals surface area contributed by atoms with Gasteiger partial charge in [-0.15, -0.1) is 5.10 Å². The van der Waals surface area contributed by atoms with Crippen LogP contribution in [0.25, 0.3) is 0 Å². The van der Waals surface area contributed by atoms with Crippen molar-refractivity contribution in [3.63, 3.8) is 0 Å². The van der Waals surface area contributed by atoms with Gasteiger partial charge in [-0.05, 0) is 33.3 Å². The van der Waals surface area contributed by atoms with Crippen molar-refractivity contribution in [2.75, 3.05) is 5.75 Å². The van der Waals surface area contributed by atoms with Crippen molar-refractivity contribution >= 4 is 17.5 Å². The Labute approximate surface area is 140 Å². The molecule has 7 heteroatoms. The Kier molecular flexibility index (Phi) is 5.87. The number of hydrogen-bond donors (Lipinski definition) is 1. The van der Waals surface area contributed by atoms with E-state index in [1.165, 1.54) is 11.8 Å². The fourth-order valence-electron chi connectivity index (χ4n) is 2.70. The van der Waals surface area contributed by atoms with Crippen molar-refractivity contribution in [2.24, 2.45) is 0 Å². The number of ketones is 1. The van der Waals surface area contributed by atoms with Crippen LogP contribution < -0.4 is 5.69 Å². The Bertz CT molecular complexity index is 742. The summed E-state index contributed by atoms with van der Waals surface area (Å²) in [6, 6.07) is 1.94. The van der Waals surface area contributed by atoms with E-state index in [9.17, 15) is 9.59 Å². The average Bonchev–Trinajstić information content (AvgIpc) is 3.02. The molecule has 0 fully saturated rings. The number of rotatable bonds is 8. The summed E-state index contributed by atoms with van der Waals surface area (Å²) in [5, 5.41) is 7.08. The quantitative estimate of drug-likeness (QED) is 0.594. The molecule has 0 aliphatic rings. The monoisotopic (exact) mass is 336 g/mol. The van der Waals surface area contributed by atoms with E-state index in [1.54, 1.807) is 4.57 Å². The third-order valence-corrected chi connectivity index (χ3v) is 4.96. The molecule has 6 nitrogen and oxygen atoms in total. The molecular weight excluding hydrogens is 312 g/mol. The van der Waals surface area contributed by atoms with Crippen molar-refractivity contribution in [3.05, 3.63) is 33.5 Å². The molecule has 0 saturated heterocycles. The highest BCUT2D eigenvalue weighted by molar-refractivity contribution is 7.99. The number of unbranched alkanes of at least 4 members (excludes halogenated alkanes) is 1.